The van der Waals surface area contributed by atoms with Crippen LogP contribution in [-0.2, 0) is 11.3 Å². The second-order valence-electron chi connectivity index (χ2n) is 9.34. The summed E-state index contributed by atoms with van der Waals surface area (Å²) in [6.45, 7) is 4.74. The number of carbonyl (C=O) groups excluding carboxylic acids is 1. The number of aryl methyl sites for hydroxylation is 1. The van der Waals surface area contributed by atoms with Crippen LogP contribution in [0, 0.1) is 0 Å². The van der Waals surface area contributed by atoms with Crippen LogP contribution in [0.25, 0.3) is 17.0 Å². The third kappa shape index (κ3) is 4.54. The molecule has 0 spiro atoms. The van der Waals surface area contributed by atoms with Crippen molar-refractivity contribution in [3.05, 3.63) is 132 Å². The van der Waals surface area contributed by atoms with E-state index >= 15 is 0 Å². The Morgan fingerprint density at radius 3 is 2.51 bits per heavy atom. The van der Waals surface area contributed by atoms with Crippen LogP contribution in [-0.4, -0.2) is 15.0 Å². The largest absolute Gasteiger partial charge is 0.347 e. The van der Waals surface area contributed by atoms with Gasteiger partial charge in [0.25, 0.3) is 11.5 Å². The molecule has 1 aliphatic rings. The number of rotatable bonds is 5. The fourth-order valence-electron chi connectivity index (χ4n) is 5.09. The normalized spacial score (nSPS) is 15.4. The smallest absolute Gasteiger partial charge is 0.271 e. The molecule has 0 fully saturated rings. The Hall–Kier alpha value is -4.20. The first-order valence-electron chi connectivity index (χ1n) is 12.7. The molecule has 1 N–H and O–H groups in total. The molecule has 5 aromatic rings. The van der Waals surface area contributed by atoms with Gasteiger partial charge in [-0.15, -0.1) is 0 Å². The molecular formula is C31H25ClN4O2S. The molecule has 3 heterocycles. The van der Waals surface area contributed by atoms with Gasteiger partial charge in [-0.3, -0.25) is 14.2 Å². The average Bonchev–Trinajstić information content (AvgIpc) is 3.45. The molecule has 1 amide bonds. The third-order valence-electron chi connectivity index (χ3n) is 6.93. The lowest BCUT2D eigenvalue weighted by molar-refractivity contribution is -0.113. The lowest BCUT2D eigenvalue weighted by Crippen LogP contribution is -2.40. The molecule has 6 nitrogen and oxygen atoms in total. The molecule has 0 saturated heterocycles. The van der Waals surface area contributed by atoms with Crippen molar-refractivity contribution in [1.82, 2.24) is 9.13 Å². The molecule has 0 bridgehead atoms. The number of hydrogen-bond donors (Lipinski definition) is 1. The number of fused-ring (bicyclic) bond motifs is 2. The number of amides is 1. The Balaban J connectivity index is 1.53. The topological polar surface area (TPSA) is 68.4 Å². The summed E-state index contributed by atoms with van der Waals surface area (Å²) in [4.78, 5) is 33.0. The highest BCUT2D eigenvalue weighted by molar-refractivity contribution is 7.07. The van der Waals surface area contributed by atoms with Crippen LogP contribution < -0.4 is 20.2 Å². The van der Waals surface area contributed by atoms with Gasteiger partial charge in [0.2, 0.25) is 0 Å². The molecule has 0 unspecified atom stereocenters. The van der Waals surface area contributed by atoms with Crippen LogP contribution in [0.3, 0.4) is 0 Å². The van der Waals surface area contributed by atoms with E-state index in [2.05, 4.69) is 35.1 Å². The Morgan fingerprint density at radius 1 is 1.05 bits per heavy atom. The van der Waals surface area contributed by atoms with Crippen molar-refractivity contribution in [3.63, 3.8) is 0 Å². The zero-order valence-electron chi connectivity index (χ0n) is 21.4. The number of anilines is 1. The number of carbonyl (C=O) groups is 1. The van der Waals surface area contributed by atoms with Gasteiger partial charge in [-0.2, -0.15) is 0 Å². The minimum atomic E-state index is -0.652. The molecule has 0 radical (unpaired) electrons. The summed E-state index contributed by atoms with van der Waals surface area (Å²) < 4.78 is 4.36. The summed E-state index contributed by atoms with van der Waals surface area (Å²) in [5, 5.41) is 4.63. The Kier molecular flexibility index (Phi) is 6.54. The lowest BCUT2D eigenvalue weighted by Gasteiger charge is -2.25. The van der Waals surface area contributed by atoms with Gasteiger partial charge in [-0.1, -0.05) is 71.5 Å². The summed E-state index contributed by atoms with van der Waals surface area (Å²) in [7, 11) is 0. The number of benzene rings is 3. The minimum Gasteiger partial charge on any atom is -0.347 e. The zero-order valence-corrected chi connectivity index (χ0v) is 23.0. The molecule has 6 rings (SSSR count). The quantitative estimate of drug-likeness (QED) is 0.313. The highest BCUT2D eigenvalue weighted by Gasteiger charge is 2.32. The number of nitrogens with one attached hydrogen (secondary N) is 1. The monoisotopic (exact) mass is 552 g/mol. The van der Waals surface area contributed by atoms with Crippen molar-refractivity contribution in [2.45, 2.75) is 26.4 Å². The van der Waals surface area contributed by atoms with E-state index in [1.807, 2.05) is 67.6 Å². The number of para-hydroxylation sites is 2. The minimum absolute atomic E-state index is 0.190. The van der Waals surface area contributed by atoms with Gasteiger partial charge in [0.05, 0.1) is 21.8 Å². The average molecular weight is 553 g/mol. The molecule has 3 aromatic carbocycles. The van der Waals surface area contributed by atoms with E-state index in [9.17, 15) is 9.59 Å². The number of nitrogens with zero attached hydrogens (tertiary/aromatic N) is 3. The molecule has 2 aromatic heterocycles. The molecular weight excluding hydrogens is 528 g/mol. The number of thiazole rings is 1. The first-order valence-corrected chi connectivity index (χ1v) is 13.9. The van der Waals surface area contributed by atoms with Crippen LogP contribution in [0.4, 0.5) is 5.69 Å². The summed E-state index contributed by atoms with van der Waals surface area (Å²) in [5.41, 5.74) is 4.34. The number of allylic oxidation sites excluding steroid dienone is 1. The van der Waals surface area contributed by atoms with Crippen molar-refractivity contribution in [3.8, 4) is 0 Å². The second-order valence-corrected chi connectivity index (χ2v) is 10.8. The standard InChI is InChI=1S/C31H25ClN4O2S/c1-3-35-18-21(24-11-7-8-12-25(24)35)17-26-30(38)36-28(20-13-15-22(32)16-14-20)27(19(2)33-31(36)39-26)29(37)34-23-9-5-4-6-10-23/h4-18,28H,3H2,1-2H3,(H,34,37)/b26-17-/t28-/m1/s1. The summed E-state index contributed by atoms with van der Waals surface area (Å²) in [6.07, 6.45) is 4.00. The maximum atomic E-state index is 14.0. The molecule has 8 heteroatoms. The Morgan fingerprint density at radius 2 is 1.77 bits per heavy atom. The van der Waals surface area contributed by atoms with Crippen molar-refractivity contribution in [1.29, 1.82) is 0 Å². The van der Waals surface area contributed by atoms with Crippen LogP contribution in [0.2, 0.25) is 5.02 Å². The van der Waals surface area contributed by atoms with Gasteiger partial charge in [0.15, 0.2) is 4.80 Å². The van der Waals surface area contributed by atoms with E-state index in [-0.39, 0.29) is 11.5 Å². The van der Waals surface area contributed by atoms with E-state index < -0.39 is 6.04 Å². The van der Waals surface area contributed by atoms with Crippen LogP contribution in [0.1, 0.15) is 31.0 Å². The van der Waals surface area contributed by atoms with E-state index in [0.29, 0.717) is 31.3 Å². The summed E-state index contributed by atoms with van der Waals surface area (Å²) in [5.74, 6) is -0.303. The van der Waals surface area contributed by atoms with E-state index in [4.69, 9.17) is 16.6 Å². The predicted octanol–water partition coefficient (Wildman–Crippen LogP) is 5.50. The number of aromatic nitrogens is 2. The molecule has 1 atom stereocenters. The van der Waals surface area contributed by atoms with Gasteiger partial charge in [0.1, 0.15) is 0 Å². The SMILES string of the molecule is CCn1cc(/C=c2\sc3n(c2=O)[C@H](c2ccc(Cl)cc2)C(C(=O)Nc2ccccc2)=C(C)N=3)c2ccccc21. The van der Waals surface area contributed by atoms with Gasteiger partial charge in [0, 0.05) is 39.9 Å². The fraction of sp³-hybridized carbons (Fsp3) is 0.129. The van der Waals surface area contributed by atoms with E-state index in [1.165, 1.54) is 11.3 Å². The maximum Gasteiger partial charge on any atom is 0.271 e. The first-order chi connectivity index (χ1) is 18.9. The first kappa shape index (κ1) is 25.1. The molecule has 194 valence electrons. The molecule has 0 saturated carbocycles. The van der Waals surface area contributed by atoms with Crippen molar-refractivity contribution in [2.24, 2.45) is 4.99 Å². The van der Waals surface area contributed by atoms with Gasteiger partial charge in [-0.05, 0) is 55.8 Å². The van der Waals surface area contributed by atoms with Gasteiger partial charge in [-0.25, -0.2) is 4.99 Å². The molecule has 39 heavy (non-hydrogen) atoms. The predicted molar refractivity (Wildman–Crippen MR) is 158 cm³/mol. The Bertz CT molecular complexity index is 1930. The van der Waals surface area contributed by atoms with Crippen LogP contribution in [0.15, 0.2) is 106 Å². The maximum absolute atomic E-state index is 14.0. The van der Waals surface area contributed by atoms with Crippen molar-refractivity contribution < 1.29 is 4.79 Å². The van der Waals surface area contributed by atoms with E-state index in [0.717, 1.165) is 28.6 Å². The summed E-state index contributed by atoms with van der Waals surface area (Å²) >= 11 is 7.52. The van der Waals surface area contributed by atoms with Gasteiger partial charge >= 0.3 is 0 Å². The number of halogens is 1. The lowest BCUT2D eigenvalue weighted by atomic mass is 9.95. The second kappa shape index (κ2) is 10.2. The molecule has 0 aliphatic carbocycles. The zero-order chi connectivity index (χ0) is 27.1. The fourth-order valence-corrected chi connectivity index (χ4v) is 6.25. The van der Waals surface area contributed by atoms with Crippen LogP contribution >= 0.6 is 22.9 Å². The van der Waals surface area contributed by atoms with Gasteiger partial charge < -0.3 is 9.88 Å². The number of hydrogen-bond acceptors (Lipinski definition) is 4. The molecule has 1 aliphatic heterocycles. The van der Waals surface area contributed by atoms with E-state index in [1.54, 1.807) is 16.7 Å². The third-order valence-corrected chi connectivity index (χ3v) is 8.17. The van der Waals surface area contributed by atoms with Crippen molar-refractivity contribution >= 4 is 51.5 Å². The highest BCUT2D eigenvalue weighted by atomic mass is 35.5. The Labute approximate surface area is 233 Å². The summed E-state index contributed by atoms with van der Waals surface area (Å²) in [6, 6.07) is 24.0. The highest BCUT2D eigenvalue weighted by Crippen LogP contribution is 2.31. The van der Waals surface area contributed by atoms with Crippen molar-refractivity contribution in [2.75, 3.05) is 5.32 Å². The van der Waals surface area contributed by atoms with Crippen LogP contribution in [0.5, 0.6) is 0 Å².